The summed E-state index contributed by atoms with van der Waals surface area (Å²) in [5, 5.41) is 0.194. The number of ether oxygens (including phenoxy) is 1. The van der Waals surface area contributed by atoms with Crippen LogP contribution in [0.15, 0.2) is 30.4 Å². The van der Waals surface area contributed by atoms with Gasteiger partial charge in [-0.25, -0.2) is 0 Å². The number of rotatable bonds is 4. The topological polar surface area (TPSA) is 49.9 Å². The van der Waals surface area contributed by atoms with Crippen LogP contribution in [0.5, 0.6) is 5.75 Å². The summed E-state index contributed by atoms with van der Waals surface area (Å²) in [4.78, 5) is 27.3. The van der Waals surface area contributed by atoms with E-state index < -0.39 is 11.8 Å². The highest BCUT2D eigenvalue weighted by Gasteiger charge is 2.35. The highest BCUT2D eigenvalue weighted by atomic mass is 127. The molecule has 1 aromatic carbocycles. The van der Waals surface area contributed by atoms with Crippen molar-refractivity contribution in [3.63, 3.8) is 0 Å². The molecule has 1 saturated heterocycles. The number of carbonyl (C=O) groups excluding carboxylic acids is 2. The largest absolute Gasteiger partial charge is 0.487 e. The van der Waals surface area contributed by atoms with Crippen LogP contribution in [-0.2, 0) is 9.59 Å². The first-order valence-corrected chi connectivity index (χ1v) is 9.39. The third kappa shape index (κ3) is 3.80. The average Bonchev–Trinajstić information content (AvgIpc) is 2.54. The lowest BCUT2D eigenvalue weighted by Crippen LogP contribution is -2.52. The molecule has 1 aromatic rings. The number of halogens is 2. The summed E-state index contributed by atoms with van der Waals surface area (Å²) in [6, 6.07) is 3.73. The first-order valence-electron chi connectivity index (χ1n) is 6.82. The van der Waals surface area contributed by atoms with Crippen molar-refractivity contribution < 1.29 is 14.3 Å². The molecule has 0 atom stereocenters. The molecule has 2 amide bonds. The smallest absolute Gasteiger partial charge is 0.265 e. The normalized spacial score (nSPS) is 15.0. The van der Waals surface area contributed by atoms with Crippen molar-refractivity contribution in [3.8, 4) is 5.75 Å². The number of thiocarbonyl (C=S) groups is 1. The molecule has 0 saturated carbocycles. The van der Waals surface area contributed by atoms with E-state index in [1.54, 1.807) is 26.2 Å². The summed E-state index contributed by atoms with van der Waals surface area (Å²) in [6.07, 6.45) is 3.26. The number of likely N-dealkylation sites (N-methyl/N-ethyl adjacent to an activating group) is 2. The van der Waals surface area contributed by atoms with Crippen LogP contribution in [0.2, 0.25) is 0 Å². The van der Waals surface area contributed by atoms with Crippen LogP contribution in [0.4, 0.5) is 0 Å². The molecule has 24 heavy (non-hydrogen) atoms. The van der Waals surface area contributed by atoms with Gasteiger partial charge >= 0.3 is 0 Å². The van der Waals surface area contributed by atoms with E-state index in [-0.39, 0.29) is 10.7 Å². The molecule has 0 N–H and O–H groups in total. The summed E-state index contributed by atoms with van der Waals surface area (Å²) in [6.45, 7) is 4.05. The first-order chi connectivity index (χ1) is 11.3. The molecule has 1 aliphatic rings. The monoisotopic (exact) mass is 568 g/mol. The minimum atomic E-state index is -0.403. The average molecular weight is 568 g/mol. The summed E-state index contributed by atoms with van der Waals surface area (Å²) in [5.74, 6) is -0.0461. The molecular weight excluding hydrogens is 554 g/mol. The predicted molar refractivity (Wildman–Crippen MR) is 114 cm³/mol. The minimum absolute atomic E-state index is 0.0833. The molecule has 0 bridgehead atoms. The molecule has 126 valence electrons. The van der Waals surface area contributed by atoms with Gasteiger partial charge in [-0.3, -0.25) is 19.4 Å². The van der Waals surface area contributed by atoms with Crippen LogP contribution < -0.4 is 4.74 Å². The molecule has 0 aromatic heterocycles. The van der Waals surface area contributed by atoms with E-state index in [1.165, 1.54) is 9.80 Å². The molecule has 1 aliphatic heterocycles. The predicted octanol–water partition coefficient (Wildman–Crippen LogP) is 3.06. The van der Waals surface area contributed by atoms with Gasteiger partial charge < -0.3 is 4.74 Å². The Morgan fingerprint density at radius 2 is 1.67 bits per heavy atom. The van der Waals surface area contributed by atoms with Gasteiger partial charge in [0.1, 0.15) is 17.9 Å². The molecule has 0 spiro atoms. The van der Waals surface area contributed by atoms with Gasteiger partial charge in [0.05, 0.1) is 7.14 Å². The van der Waals surface area contributed by atoms with Gasteiger partial charge in [0, 0.05) is 14.1 Å². The van der Waals surface area contributed by atoms with Crippen molar-refractivity contribution >= 4 is 80.4 Å². The number of carbonyl (C=O) groups is 2. The summed E-state index contributed by atoms with van der Waals surface area (Å²) < 4.78 is 7.41. The van der Waals surface area contributed by atoms with Gasteiger partial charge in [0.25, 0.3) is 11.8 Å². The zero-order valence-electron chi connectivity index (χ0n) is 13.0. The lowest BCUT2D eigenvalue weighted by Gasteiger charge is -2.31. The van der Waals surface area contributed by atoms with Crippen molar-refractivity contribution in [2.75, 3.05) is 20.7 Å². The maximum atomic E-state index is 12.4. The van der Waals surface area contributed by atoms with Gasteiger partial charge in [-0.15, -0.1) is 0 Å². The quantitative estimate of drug-likeness (QED) is 0.184. The molecule has 1 heterocycles. The standard InChI is InChI=1S/C16H14I2N2O3S/c1-4-5-23-13-11(17)7-9(8-12(13)18)6-10-14(21)19(2)16(24)20(3)15(10)22/h4,6-8H,1,5H2,2-3H3. The second-order valence-electron chi connectivity index (χ2n) is 4.98. The molecule has 8 heteroatoms. The van der Waals surface area contributed by atoms with E-state index in [1.807, 2.05) is 12.1 Å². The summed E-state index contributed by atoms with van der Waals surface area (Å²) in [5.41, 5.74) is 0.834. The Labute approximate surface area is 173 Å². The van der Waals surface area contributed by atoms with E-state index in [0.717, 1.165) is 18.5 Å². The van der Waals surface area contributed by atoms with Gasteiger partial charge in [-0.1, -0.05) is 12.7 Å². The minimum Gasteiger partial charge on any atom is -0.487 e. The van der Waals surface area contributed by atoms with E-state index in [2.05, 4.69) is 51.8 Å². The molecular formula is C16H14I2N2O3S. The number of benzene rings is 1. The fourth-order valence-electron chi connectivity index (χ4n) is 2.08. The van der Waals surface area contributed by atoms with E-state index >= 15 is 0 Å². The van der Waals surface area contributed by atoms with Gasteiger partial charge in [0.15, 0.2) is 5.11 Å². The molecule has 5 nitrogen and oxygen atoms in total. The highest BCUT2D eigenvalue weighted by molar-refractivity contribution is 14.1. The number of hydrogen-bond acceptors (Lipinski definition) is 4. The van der Waals surface area contributed by atoms with Crippen molar-refractivity contribution in [2.24, 2.45) is 0 Å². The summed E-state index contributed by atoms with van der Waals surface area (Å²) in [7, 11) is 3.11. The Morgan fingerprint density at radius 3 is 2.12 bits per heavy atom. The van der Waals surface area contributed by atoms with Crippen LogP contribution >= 0.6 is 57.4 Å². The third-order valence-electron chi connectivity index (χ3n) is 3.32. The van der Waals surface area contributed by atoms with Crippen LogP contribution in [-0.4, -0.2) is 47.4 Å². The maximum Gasteiger partial charge on any atom is 0.265 e. The number of hydrogen-bond donors (Lipinski definition) is 0. The van der Waals surface area contributed by atoms with Gasteiger partial charge in [-0.05, 0) is 81.2 Å². The van der Waals surface area contributed by atoms with Crippen molar-refractivity contribution in [1.29, 1.82) is 0 Å². The van der Waals surface area contributed by atoms with Crippen LogP contribution in [0, 0.1) is 7.14 Å². The fraction of sp³-hybridized carbons (Fsp3) is 0.188. The Balaban J connectivity index is 2.43. The fourth-order valence-corrected chi connectivity index (χ4v) is 4.38. The second-order valence-corrected chi connectivity index (χ2v) is 7.67. The molecule has 2 rings (SSSR count). The van der Waals surface area contributed by atoms with Gasteiger partial charge in [0.2, 0.25) is 0 Å². The van der Waals surface area contributed by atoms with Crippen LogP contribution in [0.3, 0.4) is 0 Å². The SMILES string of the molecule is C=CCOc1c(I)cc(C=C2C(=O)N(C)C(=S)N(C)C2=O)cc1I. The maximum absolute atomic E-state index is 12.4. The first kappa shape index (κ1) is 19.3. The lowest BCUT2D eigenvalue weighted by molar-refractivity contribution is -0.132. The summed E-state index contributed by atoms with van der Waals surface area (Å²) >= 11 is 9.40. The highest BCUT2D eigenvalue weighted by Crippen LogP contribution is 2.30. The Bertz CT molecular complexity index is 728. The number of amides is 2. The third-order valence-corrected chi connectivity index (χ3v) is 5.47. The lowest BCUT2D eigenvalue weighted by atomic mass is 10.1. The van der Waals surface area contributed by atoms with Crippen molar-refractivity contribution in [2.45, 2.75) is 0 Å². The van der Waals surface area contributed by atoms with Crippen LogP contribution in [0.25, 0.3) is 6.08 Å². The molecule has 1 fully saturated rings. The van der Waals surface area contributed by atoms with Gasteiger partial charge in [-0.2, -0.15) is 0 Å². The molecule has 0 radical (unpaired) electrons. The Morgan fingerprint density at radius 1 is 1.17 bits per heavy atom. The zero-order valence-corrected chi connectivity index (χ0v) is 18.1. The van der Waals surface area contributed by atoms with Crippen LogP contribution in [0.1, 0.15) is 5.56 Å². The molecule has 0 aliphatic carbocycles. The van der Waals surface area contributed by atoms with Crippen molar-refractivity contribution in [3.05, 3.63) is 43.1 Å². The second kappa shape index (κ2) is 7.91. The Hall–Kier alpha value is -1.01. The molecule has 0 unspecified atom stereocenters. The Kier molecular flexibility index (Phi) is 6.37. The van der Waals surface area contributed by atoms with E-state index in [4.69, 9.17) is 17.0 Å². The zero-order chi connectivity index (χ0) is 18.0. The number of nitrogens with zero attached hydrogens (tertiary/aromatic N) is 2. The van der Waals surface area contributed by atoms with E-state index in [0.29, 0.717) is 6.61 Å². The van der Waals surface area contributed by atoms with E-state index in [9.17, 15) is 9.59 Å². The van der Waals surface area contributed by atoms with Crippen molar-refractivity contribution in [1.82, 2.24) is 9.80 Å².